The normalized spacial score (nSPS) is 35.1. The zero-order chi connectivity index (χ0) is 25.4. The van der Waals surface area contributed by atoms with E-state index in [1.165, 1.54) is 19.9 Å². The lowest BCUT2D eigenvalue weighted by Crippen LogP contribution is -2.65. The van der Waals surface area contributed by atoms with Crippen LogP contribution in [0.2, 0.25) is 0 Å². The van der Waals surface area contributed by atoms with Gasteiger partial charge in [-0.15, -0.1) is 0 Å². The second kappa shape index (κ2) is 9.26. The molecule has 0 aromatic heterocycles. The molecule has 190 valence electrons. The molecule has 0 spiro atoms. The highest BCUT2D eigenvalue weighted by Crippen LogP contribution is 2.65. The minimum atomic E-state index is -1.11. The number of allylic oxidation sites excluding steroid dienone is 3. The molecule has 1 amide bonds. The van der Waals surface area contributed by atoms with Crippen molar-refractivity contribution in [1.82, 2.24) is 10.2 Å². The van der Waals surface area contributed by atoms with Crippen LogP contribution >= 0.6 is 0 Å². The summed E-state index contributed by atoms with van der Waals surface area (Å²) in [5.41, 5.74) is -2.44. The van der Waals surface area contributed by atoms with E-state index in [9.17, 15) is 19.2 Å². The van der Waals surface area contributed by atoms with Gasteiger partial charge >= 0.3 is 17.9 Å². The van der Waals surface area contributed by atoms with Crippen molar-refractivity contribution >= 4 is 23.8 Å². The van der Waals surface area contributed by atoms with Crippen LogP contribution in [0, 0.1) is 11.3 Å². The molecule has 2 heterocycles. The Kier molecular flexibility index (Phi) is 6.66. The first-order valence-electron chi connectivity index (χ1n) is 12.3. The number of hydrogen-bond donors (Lipinski definition) is 2. The summed E-state index contributed by atoms with van der Waals surface area (Å²) in [6, 6.07) is 0. The molecule has 0 radical (unpaired) electrons. The average molecular weight is 487 g/mol. The summed E-state index contributed by atoms with van der Waals surface area (Å²) in [6.07, 6.45) is 8.71. The minimum Gasteiger partial charge on any atom is -0.478 e. The lowest BCUT2D eigenvalue weighted by molar-refractivity contribution is -0.235. The molecule has 4 aliphatic rings. The molecule has 2 aliphatic carbocycles. The maximum Gasteiger partial charge on any atom is 0.331 e. The zero-order valence-corrected chi connectivity index (χ0v) is 20.6. The molecule has 2 aliphatic heterocycles. The van der Waals surface area contributed by atoms with E-state index in [0.29, 0.717) is 44.3 Å². The number of nitrogens with one attached hydrogen (secondary N) is 1. The molecule has 35 heavy (non-hydrogen) atoms. The van der Waals surface area contributed by atoms with Gasteiger partial charge in [-0.3, -0.25) is 14.4 Å². The molecule has 9 heteroatoms. The molecule has 0 aromatic rings. The topological polar surface area (TPSA) is 122 Å². The Labute approximate surface area is 205 Å². The van der Waals surface area contributed by atoms with Crippen molar-refractivity contribution in [3.63, 3.8) is 0 Å². The number of carbonyl (C=O) groups excluding carboxylic acids is 3. The van der Waals surface area contributed by atoms with Crippen molar-refractivity contribution in [3.8, 4) is 0 Å². The predicted molar refractivity (Wildman–Crippen MR) is 126 cm³/mol. The van der Waals surface area contributed by atoms with Gasteiger partial charge < -0.3 is 24.8 Å². The van der Waals surface area contributed by atoms with E-state index in [0.717, 1.165) is 13.1 Å². The number of ether oxygens (including phenoxy) is 2. The number of aliphatic carboxylic acids is 1. The van der Waals surface area contributed by atoms with Crippen molar-refractivity contribution in [1.29, 1.82) is 0 Å². The Morgan fingerprint density at radius 2 is 1.94 bits per heavy atom. The highest BCUT2D eigenvalue weighted by molar-refractivity contribution is 5.94. The molecular formula is C26H34N2O7. The van der Waals surface area contributed by atoms with Crippen molar-refractivity contribution in [2.24, 2.45) is 11.3 Å². The Balaban J connectivity index is 1.70. The lowest BCUT2D eigenvalue weighted by Gasteiger charge is -2.54. The van der Waals surface area contributed by atoms with Gasteiger partial charge in [0.05, 0.1) is 0 Å². The highest BCUT2D eigenvalue weighted by atomic mass is 16.6. The van der Waals surface area contributed by atoms with Crippen molar-refractivity contribution in [2.75, 3.05) is 26.2 Å². The highest BCUT2D eigenvalue weighted by Gasteiger charge is 2.74. The Hall–Kier alpha value is -2.94. The SMILES string of the molecule is CC(=O)O[C@]12CCC(C(=O)N3CCNCC3)=CC[C@]13CC[C@H]2[C@@](C)(/C=C/C=C(\C)C(=O)O)OC3=O. The molecule has 1 saturated carbocycles. The van der Waals surface area contributed by atoms with Gasteiger partial charge in [-0.2, -0.15) is 0 Å². The minimum absolute atomic E-state index is 0.0271. The Bertz CT molecular complexity index is 1020. The summed E-state index contributed by atoms with van der Waals surface area (Å²) >= 11 is 0. The van der Waals surface area contributed by atoms with E-state index in [-0.39, 0.29) is 23.8 Å². The van der Waals surface area contributed by atoms with E-state index >= 15 is 0 Å². The average Bonchev–Trinajstić information content (AvgIpc) is 2.96. The van der Waals surface area contributed by atoms with E-state index < -0.39 is 34.5 Å². The molecule has 0 unspecified atom stereocenters. The standard InChI is InChI=1S/C26H34N2O7/c1-17(22(31)32)5-4-9-24(3)20-8-11-25(23(33)35-24)10-6-19(7-12-26(20,25)34-18(2)29)21(30)28-15-13-27-14-16-28/h4-6,9,20,27H,7-8,10-16H2,1-3H3,(H,31,32)/b9-4+,17-5+/t20-,24+,25+,26-/m0/s1. The molecule has 0 aromatic carbocycles. The first kappa shape index (κ1) is 25.2. The van der Waals surface area contributed by atoms with Crippen LogP contribution in [-0.4, -0.2) is 71.2 Å². The smallest absolute Gasteiger partial charge is 0.331 e. The molecule has 3 fully saturated rings. The summed E-state index contributed by atoms with van der Waals surface area (Å²) in [7, 11) is 0. The number of cyclic esters (lactones) is 1. The van der Waals surface area contributed by atoms with E-state index in [4.69, 9.17) is 14.6 Å². The third kappa shape index (κ3) is 4.20. The number of carbonyl (C=O) groups is 4. The van der Waals surface area contributed by atoms with E-state index in [1.807, 2.05) is 11.0 Å². The van der Waals surface area contributed by atoms with Gasteiger partial charge in [-0.05, 0) is 52.0 Å². The quantitative estimate of drug-likeness (QED) is 0.344. The van der Waals surface area contributed by atoms with Crippen LogP contribution < -0.4 is 5.32 Å². The number of piperazine rings is 1. The number of amides is 1. The number of nitrogens with zero attached hydrogens (tertiary/aromatic N) is 1. The maximum atomic E-state index is 13.7. The van der Waals surface area contributed by atoms with Crippen LogP contribution in [0.25, 0.3) is 0 Å². The lowest BCUT2D eigenvalue weighted by atomic mass is 9.62. The maximum absolute atomic E-state index is 13.7. The molecule has 2 saturated heterocycles. The predicted octanol–water partition coefficient (Wildman–Crippen LogP) is 2.13. The Morgan fingerprint density at radius 1 is 1.23 bits per heavy atom. The van der Waals surface area contributed by atoms with Gasteiger partial charge in [-0.25, -0.2) is 4.79 Å². The fourth-order valence-corrected chi connectivity index (χ4v) is 6.40. The summed E-state index contributed by atoms with van der Waals surface area (Å²) in [5, 5.41) is 12.4. The number of rotatable bonds is 5. The van der Waals surface area contributed by atoms with E-state index in [2.05, 4.69) is 5.32 Å². The monoisotopic (exact) mass is 486 g/mol. The summed E-state index contributed by atoms with van der Waals surface area (Å²) in [4.78, 5) is 52.3. The van der Waals surface area contributed by atoms with Crippen molar-refractivity contribution in [3.05, 3.63) is 35.5 Å². The molecule has 2 bridgehead atoms. The fraction of sp³-hybridized carbons (Fsp3) is 0.615. The number of hydrogen-bond acceptors (Lipinski definition) is 7. The van der Waals surface area contributed by atoms with Gasteiger partial charge in [-0.1, -0.05) is 18.2 Å². The second-order valence-electron chi connectivity index (χ2n) is 10.2. The third-order valence-electron chi connectivity index (χ3n) is 8.21. The van der Waals surface area contributed by atoms with Gasteiger partial charge in [0.2, 0.25) is 5.91 Å². The van der Waals surface area contributed by atoms with Gasteiger partial charge in [0.25, 0.3) is 0 Å². The van der Waals surface area contributed by atoms with Crippen LogP contribution in [0.15, 0.2) is 35.5 Å². The number of carboxylic acids is 1. The van der Waals surface area contributed by atoms with Crippen LogP contribution in [-0.2, 0) is 28.7 Å². The third-order valence-corrected chi connectivity index (χ3v) is 8.21. The molecule has 2 N–H and O–H groups in total. The summed E-state index contributed by atoms with van der Waals surface area (Å²) < 4.78 is 12.1. The molecule has 4 atom stereocenters. The van der Waals surface area contributed by atoms with Gasteiger partial charge in [0, 0.05) is 50.2 Å². The van der Waals surface area contributed by atoms with Crippen molar-refractivity contribution < 1.29 is 33.8 Å². The molecular weight excluding hydrogens is 452 g/mol. The zero-order valence-electron chi connectivity index (χ0n) is 20.6. The summed E-state index contributed by atoms with van der Waals surface area (Å²) in [6.45, 7) is 7.36. The number of carboxylic acid groups (broad SMARTS) is 1. The second-order valence-corrected chi connectivity index (χ2v) is 10.2. The van der Waals surface area contributed by atoms with Crippen LogP contribution in [0.4, 0.5) is 0 Å². The first-order valence-corrected chi connectivity index (χ1v) is 12.3. The summed E-state index contributed by atoms with van der Waals surface area (Å²) in [5.74, 6) is -2.30. The van der Waals surface area contributed by atoms with E-state index in [1.54, 1.807) is 19.1 Å². The molecule has 9 nitrogen and oxygen atoms in total. The molecule has 4 rings (SSSR count). The van der Waals surface area contributed by atoms with Gasteiger partial charge in [0.1, 0.15) is 16.6 Å². The first-order chi connectivity index (χ1) is 16.5. The van der Waals surface area contributed by atoms with Crippen LogP contribution in [0.3, 0.4) is 0 Å². The Morgan fingerprint density at radius 3 is 2.60 bits per heavy atom. The van der Waals surface area contributed by atoms with Crippen LogP contribution in [0.5, 0.6) is 0 Å². The van der Waals surface area contributed by atoms with Gasteiger partial charge in [0.15, 0.2) is 0 Å². The van der Waals surface area contributed by atoms with Crippen LogP contribution in [0.1, 0.15) is 52.9 Å². The van der Waals surface area contributed by atoms with Crippen molar-refractivity contribution in [2.45, 2.75) is 64.1 Å². The number of esters is 2. The largest absolute Gasteiger partial charge is 0.478 e. The fourth-order valence-electron chi connectivity index (χ4n) is 6.40.